The molecule has 2 amide bonds. The van der Waals surface area contributed by atoms with Gasteiger partial charge in [0, 0.05) is 11.4 Å². The van der Waals surface area contributed by atoms with E-state index in [1.165, 1.54) is 4.90 Å². The van der Waals surface area contributed by atoms with Gasteiger partial charge in [-0.15, -0.1) is 11.8 Å². The number of nitrogens with one attached hydrogen (secondary N) is 2. The highest BCUT2D eigenvalue weighted by Gasteiger charge is 2.35. The van der Waals surface area contributed by atoms with Crippen LogP contribution in [0.4, 0.5) is 0 Å². The molecule has 5 heteroatoms. The molecule has 0 spiro atoms. The van der Waals surface area contributed by atoms with Crippen molar-refractivity contribution >= 4 is 23.6 Å². The molecule has 1 saturated heterocycles. The number of piperazine rings is 1. The van der Waals surface area contributed by atoms with Gasteiger partial charge in [-0.1, -0.05) is 19.1 Å². The monoisotopic (exact) mass is 264 g/mol. The SMILES string of the molecule is CCSc1ccc(C2(C)CNC(=O)C(=O)N2)cc1. The maximum Gasteiger partial charge on any atom is 0.310 e. The van der Waals surface area contributed by atoms with Crippen LogP contribution in [-0.4, -0.2) is 24.1 Å². The Labute approximate surface area is 111 Å². The number of benzene rings is 1. The Morgan fingerprint density at radius 1 is 1.22 bits per heavy atom. The van der Waals surface area contributed by atoms with E-state index in [0.29, 0.717) is 6.54 Å². The van der Waals surface area contributed by atoms with E-state index < -0.39 is 17.4 Å². The standard InChI is InChI=1S/C13H16N2O2S/c1-3-18-10-6-4-9(5-7-10)13(2)8-14-11(16)12(17)15-13/h4-7H,3,8H2,1-2H3,(H,14,16)(H,15,17). The molecule has 0 aromatic heterocycles. The van der Waals surface area contributed by atoms with Crippen molar-refractivity contribution < 1.29 is 9.59 Å². The van der Waals surface area contributed by atoms with Gasteiger partial charge in [-0.3, -0.25) is 9.59 Å². The number of amides is 2. The number of thioether (sulfide) groups is 1. The Bertz CT molecular complexity index is 472. The molecule has 1 fully saturated rings. The molecule has 1 aromatic rings. The molecule has 1 aliphatic heterocycles. The normalized spacial score (nSPS) is 23.4. The van der Waals surface area contributed by atoms with E-state index in [1.54, 1.807) is 11.8 Å². The van der Waals surface area contributed by atoms with Crippen molar-refractivity contribution in [2.75, 3.05) is 12.3 Å². The molecular formula is C13H16N2O2S. The summed E-state index contributed by atoms with van der Waals surface area (Å²) in [6.45, 7) is 4.43. The zero-order valence-electron chi connectivity index (χ0n) is 10.4. The molecule has 18 heavy (non-hydrogen) atoms. The lowest BCUT2D eigenvalue weighted by atomic mass is 9.90. The highest BCUT2D eigenvalue weighted by atomic mass is 32.2. The first-order valence-corrected chi connectivity index (χ1v) is 6.87. The van der Waals surface area contributed by atoms with E-state index in [2.05, 4.69) is 17.6 Å². The van der Waals surface area contributed by atoms with Crippen molar-refractivity contribution in [2.45, 2.75) is 24.3 Å². The molecule has 1 heterocycles. The Morgan fingerprint density at radius 2 is 1.89 bits per heavy atom. The van der Waals surface area contributed by atoms with E-state index in [4.69, 9.17) is 0 Å². The smallest absolute Gasteiger partial charge is 0.310 e. The van der Waals surface area contributed by atoms with Gasteiger partial charge in [-0.05, 0) is 30.4 Å². The maximum absolute atomic E-state index is 11.4. The average molecular weight is 264 g/mol. The van der Waals surface area contributed by atoms with Gasteiger partial charge in [0.1, 0.15) is 0 Å². The highest BCUT2D eigenvalue weighted by molar-refractivity contribution is 7.99. The Balaban J connectivity index is 2.19. The summed E-state index contributed by atoms with van der Waals surface area (Å²) in [4.78, 5) is 23.8. The summed E-state index contributed by atoms with van der Waals surface area (Å²) < 4.78 is 0. The van der Waals surface area contributed by atoms with Gasteiger partial charge in [0.25, 0.3) is 0 Å². The lowest BCUT2D eigenvalue weighted by molar-refractivity contribution is -0.142. The zero-order valence-corrected chi connectivity index (χ0v) is 11.3. The minimum Gasteiger partial charge on any atom is -0.345 e. The van der Waals surface area contributed by atoms with Gasteiger partial charge in [0.2, 0.25) is 0 Å². The molecule has 0 bridgehead atoms. The van der Waals surface area contributed by atoms with Crippen molar-refractivity contribution in [3.05, 3.63) is 29.8 Å². The van der Waals surface area contributed by atoms with Crippen molar-refractivity contribution in [1.82, 2.24) is 10.6 Å². The number of carbonyl (C=O) groups is 2. The largest absolute Gasteiger partial charge is 0.345 e. The number of hydrogen-bond acceptors (Lipinski definition) is 3. The average Bonchev–Trinajstić information content (AvgIpc) is 2.36. The summed E-state index contributed by atoms with van der Waals surface area (Å²) in [5, 5.41) is 5.36. The van der Waals surface area contributed by atoms with E-state index in [9.17, 15) is 9.59 Å². The molecule has 1 aliphatic rings. The minimum atomic E-state index is -0.573. The lowest BCUT2D eigenvalue weighted by Crippen LogP contribution is -2.60. The summed E-state index contributed by atoms with van der Waals surface area (Å²) in [7, 11) is 0. The Morgan fingerprint density at radius 3 is 2.44 bits per heavy atom. The van der Waals surface area contributed by atoms with E-state index in [1.807, 2.05) is 31.2 Å². The van der Waals surface area contributed by atoms with Gasteiger partial charge < -0.3 is 10.6 Å². The quantitative estimate of drug-likeness (QED) is 0.638. The molecule has 0 saturated carbocycles. The fourth-order valence-corrected chi connectivity index (χ4v) is 2.61. The number of rotatable bonds is 3. The van der Waals surface area contributed by atoms with Crippen LogP contribution in [-0.2, 0) is 15.1 Å². The van der Waals surface area contributed by atoms with E-state index in [0.717, 1.165) is 11.3 Å². The molecule has 1 unspecified atom stereocenters. The first kappa shape index (κ1) is 13.0. The fraction of sp³-hybridized carbons (Fsp3) is 0.385. The summed E-state index contributed by atoms with van der Waals surface area (Å²) in [5.74, 6) is -0.106. The predicted octanol–water partition coefficient (Wildman–Crippen LogP) is 1.26. The lowest BCUT2D eigenvalue weighted by Gasteiger charge is -2.35. The van der Waals surface area contributed by atoms with Crippen molar-refractivity contribution in [2.24, 2.45) is 0 Å². The molecule has 1 aromatic carbocycles. The molecule has 96 valence electrons. The topological polar surface area (TPSA) is 58.2 Å². The fourth-order valence-electron chi connectivity index (χ4n) is 1.95. The van der Waals surface area contributed by atoms with Crippen LogP contribution in [0.25, 0.3) is 0 Å². The van der Waals surface area contributed by atoms with E-state index in [-0.39, 0.29) is 0 Å². The summed E-state index contributed by atoms with van der Waals surface area (Å²) in [6.07, 6.45) is 0. The molecule has 2 rings (SSSR count). The Hall–Kier alpha value is -1.49. The predicted molar refractivity (Wildman–Crippen MR) is 71.3 cm³/mol. The molecule has 0 aliphatic carbocycles. The minimum absolute atomic E-state index is 0.415. The van der Waals surface area contributed by atoms with Crippen LogP contribution in [0.1, 0.15) is 19.4 Å². The molecule has 0 radical (unpaired) electrons. The van der Waals surface area contributed by atoms with Crippen LogP contribution in [0.2, 0.25) is 0 Å². The number of hydrogen-bond donors (Lipinski definition) is 2. The molecular weight excluding hydrogens is 248 g/mol. The Kier molecular flexibility index (Phi) is 3.61. The molecule has 4 nitrogen and oxygen atoms in total. The second-order valence-electron chi connectivity index (χ2n) is 4.43. The molecule has 2 N–H and O–H groups in total. The third-order valence-electron chi connectivity index (χ3n) is 3.00. The van der Waals surface area contributed by atoms with E-state index >= 15 is 0 Å². The zero-order chi connectivity index (χ0) is 13.2. The van der Waals surface area contributed by atoms with Crippen LogP contribution in [0.5, 0.6) is 0 Å². The first-order chi connectivity index (χ1) is 8.55. The van der Waals surface area contributed by atoms with Crippen molar-refractivity contribution in [3.8, 4) is 0 Å². The third kappa shape index (κ3) is 2.51. The number of carbonyl (C=O) groups excluding carboxylic acids is 2. The van der Waals surface area contributed by atoms with Gasteiger partial charge >= 0.3 is 11.8 Å². The third-order valence-corrected chi connectivity index (χ3v) is 3.89. The summed E-state index contributed by atoms with van der Waals surface area (Å²) >= 11 is 1.77. The van der Waals surface area contributed by atoms with Crippen LogP contribution in [0.15, 0.2) is 29.2 Å². The first-order valence-electron chi connectivity index (χ1n) is 5.89. The molecule has 1 atom stereocenters. The van der Waals surface area contributed by atoms with Gasteiger partial charge in [-0.25, -0.2) is 0 Å². The summed E-state index contributed by atoms with van der Waals surface area (Å²) in [6, 6.07) is 8.07. The van der Waals surface area contributed by atoms with Gasteiger partial charge in [0.05, 0.1) is 5.54 Å². The van der Waals surface area contributed by atoms with Crippen LogP contribution >= 0.6 is 11.8 Å². The second kappa shape index (κ2) is 5.02. The van der Waals surface area contributed by atoms with Crippen LogP contribution in [0.3, 0.4) is 0 Å². The highest BCUT2D eigenvalue weighted by Crippen LogP contribution is 2.25. The van der Waals surface area contributed by atoms with Crippen molar-refractivity contribution in [1.29, 1.82) is 0 Å². The van der Waals surface area contributed by atoms with Gasteiger partial charge in [-0.2, -0.15) is 0 Å². The summed E-state index contributed by atoms with van der Waals surface area (Å²) in [5.41, 5.74) is 0.469. The van der Waals surface area contributed by atoms with Crippen LogP contribution < -0.4 is 10.6 Å². The maximum atomic E-state index is 11.4. The second-order valence-corrected chi connectivity index (χ2v) is 5.76. The van der Waals surface area contributed by atoms with Crippen molar-refractivity contribution in [3.63, 3.8) is 0 Å². The van der Waals surface area contributed by atoms with Crippen LogP contribution in [0, 0.1) is 0 Å². The van der Waals surface area contributed by atoms with Gasteiger partial charge in [0.15, 0.2) is 0 Å².